The van der Waals surface area contributed by atoms with Crippen LogP contribution in [0, 0.1) is 9.39 Å². The quantitative estimate of drug-likeness (QED) is 0.373. The molecule has 0 aliphatic heterocycles. The number of oxazole rings is 1. The van der Waals surface area contributed by atoms with Gasteiger partial charge in [-0.1, -0.05) is 18.2 Å². The predicted molar refractivity (Wildman–Crippen MR) is 109 cm³/mol. The van der Waals surface area contributed by atoms with E-state index in [0.29, 0.717) is 27.9 Å². The van der Waals surface area contributed by atoms with Crippen LogP contribution in [0.15, 0.2) is 65.4 Å². The zero-order valence-electron chi connectivity index (χ0n) is 13.7. The summed E-state index contributed by atoms with van der Waals surface area (Å²) in [7, 11) is 0. The minimum Gasteiger partial charge on any atom is -0.478 e. The summed E-state index contributed by atoms with van der Waals surface area (Å²) in [5.41, 5.74) is 2.94. The molecule has 1 aromatic heterocycles. The summed E-state index contributed by atoms with van der Waals surface area (Å²) in [4.78, 5) is 15.8. The van der Waals surface area contributed by atoms with E-state index in [1.165, 1.54) is 18.5 Å². The number of hydrogen-bond acceptors (Lipinski definition) is 4. The van der Waals surface area contributed by atoms with Crippen molar-refractivity contribution >= 4 is 51.0 Å². The third-order valence-corrected chi connectivity index (χ3v) is 4.81. The van der Waals surface area contributed by atoms with Crippen molar-refractivity contribution in [1.82, 2.24) is 4.98 Å². The van der Waals surface area contributed by atoms with Crippen molar-refractivity contribution in [3.63, 3.8) is 0 Å². The lowest BCUT2D eigenvalue weighted by Crippen LogP contribution is -2.02. The maximum absolute atomic E-state index is 14.4. The maximum Gasteiger partial charge on any atom is 0.336 e. The van der Waals surface area contributed by atoms with Crippen molar-refractivity contribution in [3.05, 3.63) is 75.9 Å². The first-order valence-corrected chi connectivity index (χ1v) is 9.03. The number of fused-ring (bicyclic) bond motifs is 1. The van der Waals surface area contributed by atoms with E-state index in [2.05, 4.69) is 10.3 Å². The Bertz CT molecular complexity index is 1170. The van der Waals surface area contributed by atoms with E-state index in [-0.39, 0.29) is 11.3 Å². The number of nitrogens with one attached hydrogen (secondary N) is 1. The Balaban J connectivity index is 1.95. The lowest BCUT2D eigenvalue weighted by molar-refractivity contribution is 0.0697. The highest BCUT2D eigenvalue weighted by molar-refractivity contribution is 14.1. The van der Waals surface area contributed by atoms with Gasteiger partial charge >= 0.3 is 5.97 Å². The van der Waals surface area contributed by atoms with Crippen LogP contribution < -0.4 is 5.32 Å². The Kier molecular flexibility index (Phi) is 4.53. The number of nitrogens with zero attached hydrogens (tertiary/aromatic N) is 1. The number of carbonyl (C=O) groups is 1. The first kappa shape index (κ1) is 17.5. The summed E-state index contributed by atoms with van der Waals surface area (Å²) >= 11 is 2.03. The molecule has 0 radical (unpaired) electrons. The summed E-state index contributed by atoms with van der Waals surface area (Å²) in [6, 6.07) is 14.9. The molecule has 2 N–H and O–H groups in total. The summed E-state index contributed by atoms with van der Waals surface area (Å²) < 4.78 is 20.7. The van der Waals surface area contributed by atoms with Crippen LogP contribution >= 0.6 is 22.6 Å². The van der Waals surface area contributed by atoms with Crippen LogP contribution in [0.5, 0.6) is 0 Å². The Morgan fingerprint density at radius 2 is 1.93 bits per heavy atom. The molecule has 0 aliphatic carbocycles. The number of carboxylic acids is 1. The number of rotatable bonds is 4. The van der Waals surface area contributed by atoms with Gasteiger partial charge in [-0.05, 0) is 64.6 Å². The van der Waals surface area contributed by atoms with E-state index in [0.717, 1.165) is 3.57 Å². The lowest BCUT2D eigenvalue weighted by atomic mass is 9.97. The molecule has 0 saturated heterocycles. The van der Waals surface area contributed by atoms with Gasteiger partial charge < -0.3 is 14.8 Å². The van der Waals surface area contributed by atoms with E-state index in [9.17, 15) is 14.3 Å². The molecule has 0 amide bonds. The standard InChI is InChI=1S/C20H12FIN2O3/c21-15-9-11(22)5-7-16(15)24-18-13(6-8-17-19(18)27-10-23-17)12-3-1-2-4-14(12)20(25)26/h1-10,24H,(H,25,26). The van der Waals surface area contributed by atoms with Crippen LogP contribution in [0.4, 0.5) is 15.8 Å². The van der Waals surface area contributed by atoms with Gasteiger partial charge in [0.2, 0.25) is 0 Å². The topological polar surface area (TPSA) is 75.4 Å². The van der Waals surface area contributed by atoms with Crippen molar-refractivity contribution in [2.45, 2.75) is 0 Å². The Morgan fingerprint density at radius 1 is 1.11 bits per heavy atom. The Hall–Kier alpha value is -2.94. The Morgan fingerprint density at radius 3 is 2.70 bits per heavy atom. The first-order valence-electron chi connectivity index (χ1n) is 7.95. The molecule has 0 fully saturated rings. The third-order valence-electron chi connectivity index (χ3n) is 4.14. The molecule has 0 saturated carbocycles. The van der Waals surface area contributed by atoms with Crippen LogP contribution in [-0.4, -0.2) is 16.1 Å². The van der Waals surface area contributed by atoms with Gasteiger partial charge in [0.15, 0.2) is 12.0 Å². The van der Waals surface area contributed by atoms with Crippen molar-refractivity contribution in [1.29, 1.82) is 0 Å². The number of benzene rings is 3. The maximum atomic E-state index is 14.4. The van der Waals surface area contributed by atoms with Crippen molar-refractivity contribution < 1.29 is 18.7 Å². The first-order chi connectivity index (χ1) is 13.0. The van der Waals surface area contributed by atoms with Gasteiger partial charge in [0, 0.05) is 9.13 Å². The summed E-state index contributed by atoms with van der Waals surface area (Å²) in [6.45, 7) is 0. The molecule has 3 aromatic carbocycles. The highest BCUT2D eigenvalue weighted by Gasteiger charge is 2.19. The van der Waals surface area contributed by atoms with Gasteiger partial charge in [0.25, 0.3) is 0 Å². The number of aromatic carboxylic acids is 1. The zero-order valence-corrected chi connectivity index (χ0v) is 15.9. The molecule has 7 heteroatoms. The van der Waals surface area contributed by atoms with Crippen LogP contribution in [0.25, 0.3) is 22.2 Å². The van der Waals surface area contributed by atoms with Crippen LogP contribution in [0.2, 0.25) is 0 Å². The molecule has 134 valence electrons. The van der Waals surface area contributed by atoms with Crippen LogP contribution in [-0.2, 0) is 0 Å². The fraction of sp³-hybridized carbons (Fsp3) is 0. The van der Waals surface area contributed by atoms with Crippen LogP contribution in [0.3, 0.4) is 0 Å². The summed E-state index contributed by atoms with van der Waals surface area (Å²) in [5, 5.41) is 12.6. The lowest BCUT2D eigenvalue weighted by Gasteiger charge is -2.15. The van der Waals surface area contributed by atoms with Gasteiger partial charge in [0.05, 0.1) is 16.9 Å². The van der Waals surface area contributed by atoms with Crippen molar-refractivity contribution in [2.24, 2.45) is 0 Å². The zero-order chi connectivity index (χ0) is 19.0. The largest absolute Gasteiger partial charge is 0.478 e. The fourth-order valence-electron chi connectivity index (χ4n) is 2.91. The SMILES string of the molecule is O=C(O)c1ccccc1-c1ccc2ncoc2c1Nc1ccc(I)cc1F. The van der Waals surface area contributed by atoms with Crippen LogP contribution in [0.1, 0.15) is 10.4 Å². The van der Waals surface area contributed by atoms with E-state index < -0.39 is 11.8 Å². The molecule has 0 bridgehead atoms. The summed E-state index contributed by atoms with van der Waals surface area (Å²) in [6.07, 6.45) is 1.30. The Labute approximate surface area is 167 Å². The number of carboxylic acid groups (broad SMARTS) is 1. The normalized spacial score (nSPS) is 10.9. The molecular weight excluding hydrogens is 462 g/mol. The molecule has 27 heavy (non-hydrogen) atoms. The number of hydrogen-bond donors (Lipinski definition) is 2. The minimum absolute atomic E-state index is 0.141. The average molecular weight is 474 g/mol. The van der Waals surface area contributed by atoms with E-state index in [1.54, 1.807) is 42.5 Å². The number of aromatic nitrogens is 1. The molecule has 5 nitrogen and oxygen atoms in total. The van der Waals surface area contributed by atoms with E-state index in [1.807, 2.05) is 22.6 Å². The molecule has 0 spiro atoms. The molecule has 4 rings (SSSR count). The number of anilines is 2. The fourth-order valence-corrected chi connectivity index (χ4v) is 3.36. The van der Waals surface area contributed by atoms with Crippen molar-refractivity contribution in [3.8, 4) is 11.1 Å². The molecule has 0 unspecified atom stereocenters. The smallest absolute Gasteiger partial charge is 0.336 e. The molecular formula is C20H12FIN2O3. The minimum atomic E-state index is -1.05. The van der Waals surface area contributed by atoms with Crippen molar-refractivity contribution in [2.75, 3.05) is 5.32 Å². The second-order valence-electron chi connectivity index (χ2n) is 5.79. The van der Waals surface area contributed by atoms with Gasteiger partial charge in [0.1, 0.15) is 11.3 Å². The summed E-state index contributed by atoms with van der Waals surface area (Å²) in [5.74, 6) is -1.47. The highest BCUT2D eigenvalue weighted by atomic mass is 127. The highest BCUT2D eigenvalue weighted by Crippen LogP contribution is 2.38. The second kappa shape index (κ2) is 6.99. The van der Waals surface area contributed by atoms with Gasteiger partial charge in [-0.3, -0.25) is 0 Å². The predicted octanol–water partition coefficient (Wildman–Crippen LogP) is 5.68. The number of halogens is 2. The molecule has 0 atom stereocenters. The molecule has 1 heterocycles. The average Bonchev–Trinajstić information content (AvgIpc) is 3.13. The van der Waals surface area contributed by atoms with Gasteiger partial charge in [-0.25, -0.2) is 14.2 Å². The third kappa shape index (κ3) is 3.25. The van der Waals surface area contributed by atoms with E-state index >= 15 is 0 Å². The van der Waals surface area contributed by atoms with Gasteiger partial charge in [-0.2, -0.15) is 0 Å². The molecule has 4 aromatic rings. The monoisotopic (exact) mass is 474 g/mol. The second-order valence-corrected chi connectivity index (χ2v) is 7.03. The van der Waals surface area contributed by atoms with Gasteiger partial charge in [-0.15, -0.1) is 0 Å². The van der Waals surface area contributed by atoms with E-state index in [4.69, 9.17) is 4.42 Å². The molecule has 0 aliphatic rings.